The first kappa shape index (κ1) is 12.3. The molecule has 0 saturated heterocycles. The minimum atomic E-state index is 0.550. The predicted octanol–water partition coefficient (Wildman–Crippen LogP) is 3.98. The zero-order valence-corrected chi connectivity index (χ0v) is 10.9. The average Bonchev–Trinajstić information content (AvgIpc) is 2.39. The molecule has 0 spiro atoms. The van der Waals surface area contributed by atoms with Crippen molar-refractivity contribution in [2.45, 2.75) is 38.1 Å². The summed E-state index contributed by atoms with van der Waals surface area (Å²) < 4.78 is 0. The molecule has 1 fully saturated rings. The molecule has 0 radical (unpaired) electrons. The first-order valence-corrected chi connectivity index (χ1v) is 6.52. The van der Waals surface area contributed by atoms with Crippen LogP contribution in [0.1, 0.15) is 37.7 Å². The van der Waals surface area contributed by atoms with Crippen LogP contribution in [0.15, 0.2) is 18.2 Å². The highest BCUT2D eigenvalue weighted by atomic mass is 35.5. The van der Waals surface area contributed by atoms with E-state index in [1.807, 2.05) is 6.07 Å². The lowest BCUT2D eigenvalue weighted by Crippen LogP contribution is -2.33. The van der Waals surface area contributed by atoms with E-state index in [0.29, 0.717) is 16.6 Å². The van der Waals surface area contributed by atoms with Crippen molar-refractivity contribution >= 4 is 17.3 Å². The summed E-state index contributed by atoms with van der Waals surface area (Å²) in [4.78, 5) is 2.23. The topological polar surface area (TPSA) is 27.0 Å². The normalized spacial score (nSPS) is 16.5. The number of anilines is 1. The van der Waals surface area contributed by atoms with Crippen LogP contribution in [0.4, 0.5) is 5.69 Å². The largest absolute Gasteiger partial charge is 0.371 e. The number of rotatable bonds is 2. The van der Waals surface area contributed by atoms with E-state index < -0.39 is 0 Å². The Morgan fingerprint density at radius 2 is 2.00 bits per heavy atom. The lowest BCUT2D eigenvalue weighted by molar-refractivity contribution is 0.427. The lowest BCUT2D eigenvalue weighted by Gasteiger charge is -2.33. The molecule has 17 heavy (non-hydrogen) atoms. The molecular weight excluding hydrogens is 232 g/mol. The minimum absolute atomic E-state index is 0.550. The Bertz CT molecular complexity index is 430. The van der Waals surface area contributed by atoms with Crippen molar-refractivity contribution in [2.24, 2.45) is 0 Å². The average molecular weight is 249 g/mol. The molecule has 0 bridgehead atoms. The zero-order chi connectivity index (χ0) is 12.3. The predicted molar refractivity (Wildman–Crippen MR) is 71.4 cm³/mol. The second-order valence-electron chi connectivity index (χ2n) is 4.68. The molecule has 2 nitrogen and oxygen atoms in total. The summed E-state index contributed by atoms with van der Waals surface area (Å²) in [7, 11) is 2.07. The molecule has 3 heteroatoms. The van der Waals surface area contributed by atoms with Crippen LogP contribution in [0.3, 0.4) is 0 Å². The van der Waals surface area contributed by atoms with Gasteiger partial charge in [0.1, 0.15) is 6.07 Å². The number of hydrogen-bond acceptors (Lipinski definition) is 2. The SMILES string of the molecule is CN(c1cc(Cl)ccc1C#N)C1CCCCC1. The van der Waals surface area contributed by atoms with E-state index in [2.05, 4.69) is 18.0 Å². The van der Waals surface area contributed by atoms with Gasteiger partial charge in [0.25, 0.3) is 0 Å². The monoisotopic (exact) mass is 248 g/mol. The maximum Gasteiger partial charge on any atom is 0.101 e. The Morgan fingerprint density at radius 1 is 1.29 bits per heavy atom. The third-order valence-electron chi connectivity index (χ3n) is 3.58. The van der Waals surface area contributed by atoms with Crippen LogP contribution in [0, 0.1) is 11.3 Å². The van der Waals surface area contributed by atoms with E-state index in [-0.39, 0.29) is 0 Å². The molecule has 2 rings (SSSR count). The van der Waals surface area contributed by atoms with Crippen LogP contribution in [-0.2, 0) is 0 Å². The Balaban J connectivity index is 2.25. The van der Waals surface area contributed by atoms with Gasteiger partial charge < -0.3 is 4.90 Å². The first-order chi connectivity index (χ1) is 8.22. The van der Waals surface area contributed by atoms with Crippen molar-refractivity contribution in [3.05, 3.63) is 28.8 Å². The van der Waals surface area contributed by atoms with Gasteiger partial charge in [-0.2, -0.15) is 5.26 Å². The van der Waals surface area contributed by atoms with Crippen LogP contribution < -0.4 is 4.90 Å². The summed E-state index contributed by atoms with van der Waals surface area (Å²) >= 11 is 6.02. The van der Waals surface area contributed by atoms with Crippen molar-refractivity contribution in [1.82, 2.24) is 0 Å². The minimum Gasteiger partial charge on any atom is -0.371 e. The van der Waals surface area contributed by atoms with Crippen LogP contribution in [0.2, 0.25) is 5.02 Å². The maximum absolute atomic E-state index is 9.14. The summed E-state index contributed by atoms with van der Waals surface area (Å²) in [6, 6.07) is 8.27. The van der Waals surface area contributed by atoms with E-state index >= 15 is 0 Å². The molecule has 1 aliphatic rings. The number of hydrogen-bond donors (Lipinski definition) is 0. The second kappa shape index (κ2) is 5.42. The summed E-state index contributed by atoms with van der Waals surface area (Å²) in [5.41, 5.74) is 1.68. The summed E-state index contributed by atoms with van der Waals surface area (Å²) in [5, 5.41) is 9.83. The zero-order valence-electron chi connectivity index (χ0n) is 10.1. The number of benzene rings is 1. The summed E-state index contributed by atoms with van der Waals surface area (Å²) in [6.07, 6.45) is 6.35. The number of nitrogens with zero attached hydrogens (tertiary/aromatic N) is 2. The fourth-order valence-electron chi connectivity index (χ4n) is 2.56. The van der Waals surface area contributed by atoms with Gasteiger partial charge in [-0.05, 0) is 31.0 Å². The first-order valence-electron chi connectivity index (χ1n) is 6.15. The Labute approximate surface area is 108 Å². The third kappa shape index (κ3) is 2.73. The summed E-state index contributed by atoms with van der Waals surface area (Å²) in [5.74, 6) is 0. The maximum atomic E-state index is 9.14. The molecule has 0 amide bonds. The molecule has 0 aliphatic heterocycles. The Kier molecular flexibility index (Phi) is 3.91. The fourth-order valence-corrected chi connectivity index (χ4v) is 2.72. The molecular formula is C14H17ClN2. The van der Waals surface area contributed by atoms with E-state index in [9.17, 15) is 0 Å². The van der Waals surface area contributed by atoms with Gasteiger partial charge in [0, 0.05) is 18.1 Å². The van der Waals surface area contributed by atoms with Crippen LogP contribution in [-0.4, -0.2) is 13.1 Å². The molecule has 1 saturated carbocycles. The quantitative estimate of drug-likeness (QED) is 0.792. The van der Waals surface area contributed by atoms with Gasteiger partial charge in [-0.1, -0.05) is 30.9 Å². The molecule has 1 aromatic rings. The third-order valence-corrected chi connectivity index (χ3v) is 3.82. The van der Waals surface area contributed by atoms with Gasteiger partial charge in [0.2, 0.25) is 0 Å². The Morgan fingerprint density at radius 3 is 2.65 bits per heavy atom. The molecule has 0 atom stereocenters. The fraction of sp³-hybridized carbons (Fsp3) is 0.500. The van der Waals surface area contributed by atoms with Crippen LogP contribution in [0.25, 0.3) is 0 Å². The van der Waals surface area contributed by atoms with Crippen molar-refractivity contribution in [1.29, 1.82) is 5.26 Å². The lowest BCUT2D eigenvalue weighted by atomic mass is 9.94. The van der Waals surface area contributed by atoms with Crippen molar-refractivity contribution in [3.8, 4) is 6.07 Å². The van der Waals surface area contributed by atoms with Gasteiger partial charge in [-0.25, -0.2) is 0 Å². The van der Waals surface area contributed by atoms with E-state index in [1.54, 1.807) is 12.1 Å². The van der Waals surface area contributed by atoms with Gasteiger partial charge in [0.05, 0.1) is 11.3 Å². The van der Waals surface area contributed by atoms with Gasteiger partial charge in [0.15, 0.2) is 0 Å². The molecule has 0 N–H and O–H groups in total. The molecule has 90 valence electrons. The molecule has 0 aromatic heterocycles. The standard InChI is InChI=1S/C14H17ClN2/c1-17(13-5-3-2-4-6-13)14-9-12(15)8-7-11(14)10-16/h7-9,13H,2-6H2,1H3. The van der Waals surface area contributed by atoms with E-state index in [4.69, 9.17) is 16.9 Å². The molecule has 1 aliphatic carbocycles. The second-order valence-corrected chi connectivity index (χ2v) is 5.11. The molecule has 0 heterocycles. The highest BCUT2D eigenvalue weighted by Crippen LogP contribution is 2.30. The molecule has 1 aromatic carbocycles. The molecule has 0 unspecified atom stereocenters. The number of halogens is 1. The smallest absolute Gasteiger partial charge is 0.101 e. The van der Waals surface area contributed by atoms with Crippen LogP contribution >= 0.6 is 11.6 Å². The van der Waals surface area contributed by atoms with E-state index in [1.165, 1.54) is 32.1 Å². The highest BCUT2D eigenvalue weighted by Gasteiger charge is 2.20. The van der Waals surface area contributed by atoms with Crippen LogP contribution in [0.5, 0.6) is 0 Å². The van der Waals surface area contributed by atoms with Crippen molar-refractivity contribution in [2.75, 3.05) is 11.9 Å². The van der Waals surface area contributed by atoms with Gasteiger partial charge >= 0.3 is 0 Å². The van der Waals surface area contributed by atoms with Gasteiger partial charge in [-0.15, -0.1) is 0 Å². The van der Waals surface area contributed by atoms with E-state index in [0.717, 1.165) is 5.69 Å². The van der Waals surface area contributed by atoms with Crippen molar-refractivity contribution < 1.29 is 0 Å². The van der Waals surface area contributed by atoms with Crippen molar-refractivity contribution in [3.63, 3.8) is 0 Å². The van der Waals surface area contributed by atoms with Gasteiger partial charge in [-0.3, -0.25) is 0 Å². The highest BCUT2D eigenvalue weighted by molar-refractivity contribution is 6.30. The Hall–Kier alpha value is -1.20. The number of nitriles is 1. The summed E-state index contributed by atoms with van der Waals surface area (Å²) in [6.45, 7) is 0.